The third kappa shape index (κ3) is 7.42. The number of aromatic nitrogens is 2. The van der Waals surface area contributed by atoms with Crippen LogP contribution in [0.25, 0.3) is 5.69 Å². The largest absolute Gasteiger partial charge is 0.497 e. The molecule has 0 bridgehead atoms. The Morgan fingerprint density at radius 1 is 0.837 bits per heavy atom. The molecule has 0 atom stereocenters. The van der Waals surface area contributed by atoms with Crippen LogP contribution in [0.4, 0.5) is 5.82 Å². The van der Waals surface area contributed by atoms with E-state index in [0.29, 0.717) is 47.0 Å². The molecule has 226 valence electrons. The predicted molar refractivity (Wildman–Crippen MR) is 165 cm³/mol. The number of sulfone groups is 1. The zero-order valence-corrected chi connectivity index (χ0v) is 25.9. The highest BCUT2D eigenvalue weighted by Gasteiger charge is 2.26. The van der Waals surface area contributed by atoms with Gasteiger partial charge in [0.2, 0.25) is 0 Å². The number of anilines is 1. The normalized spacial score (nSPS) is 11.2. The van der Waals surface area contributed by atoms with Gasteiger partial charge in [-0.2, -0.15) is 0 Å². The number of methoxy groups -OCH3 is 3. The molecule has 43 heavy (non-hydrogen) atoms. The summed E-state index contributed by atoms with van der Waals surface area (Å²) in [6.45, 7) is 4.22. The fraction of sp³-hybridized carbons (Fsp3) is 0.281. The molecular formula is C32H35N3O7S. The van der Waals surface area contributed by atoms with E-state index in [0.717, 1.165) is 11.1 Å². The molecule has 4 rings (SSSR count). The fourth-order valence-corrected chi connectivity index (χ4v) is 5.82. The van der Waals surface area contributed by atoms with E-state index in [1.165, 1.54) is 24.3 Å². The van der Waals surface area contributed by atoms with Crippen molar-refractivity contribution >= 4 is 21.6 Å². The van der Waals surface area contributed by atoms with Crippen LogP contribution in [0, 0.1) is 13.8 Å². The summed E-state index contributed by atoms with van der Waals surface area (Å²) in [5.41, 5.74) is 3.45. The second-order valence-corrected chi connectivity index (χ2v) is 12.5. The topological polar surface area (TPSA) is 117 Å². The molecule has 0 fully saturated rings. The van der Waals surface area contributed by atoms with E-state index in [9.17, 15) is 18.0 Å². The lowest BCUT2D eigenvalue weighted by Gasteiger charge is -2.26. The number of ether oxygens (including phenoxy) is 3. The summed E-state index contributed by atoms with van der Waals surface area (Å²) in [6, 6.07) is 18.4. The van der Waals surface area contributed by atoms with Crippen molar-refractivity contribution in [3.05, 3.63) is 111 Å². The molecule has 0 aliphatic rings. The number of hydrogen-bond donors (Lipinski definition) is 0. The summed E-state index contributed by atoms with van der Waals surface area (Å²) in [4.78, 5) is 33.7. The van der Waals surface area contributed by atoms with E-state index < -0.39 is 21.4 Å². The lowest BCUT2D eigenvalue weighted by molar-refractivity contribution is 0.0598. The number of esters is 1. The number of aryl methyl sites for hydroxylation is 2. The lowest BCUT2D eigenvalue weighted by Crippen LogP contribution is -2.33. The molecular weight excluding hydrogens is 570 g/mol. The van der Waals surface area contributed by atoms with Gasteiger partial charge in [-0.25, -0.2) is 18.2 Å². The van der Waals surface area contributed by atoms with Gasteiger partial charge in [-0.1, -0.05) is 36.4 Å². The SMILES string of the molecule is COC(=O)c1c(N(Cc2ccc(OC)cc2)Cc2ccc(OC)cc2)ncn(-c2c(C)cc(CS(C)(=O)=O)cc2C)c1=O. The summed E-state index contributed by atoms with van der Waals surface area (Å²) in [7, 11) is 1.15. The Kier molecular flexibility index (Phi) is 9.55. The minimum Gasteiger partial charge on any atom is -0.497 e. The Morgan fingerprint density at radius 3 is 1.74 bits per heavy atom. The van der Waals surface area contributed by atoms with Crippen molar-refractivity contribution in [1.82, 2.24) is 9.55 Å². The van der Waals surface area contributed by atoms with Crippen LogP contribution in [-0.2, 0) is 33.4 Å². The van der Waals surface area contributed by atoms with E-state index in [1.54, 1.807) is 40.2 Å². The molecule has 0 spiro atoms. The quantitative estimate of drug-likeness (QED) is 0.229. The average Bonchev–Trinajstić information content (AvgIpc) is 2.96. The van der Waals surface area contributed by atoms with Gasteiger partial charge in [0.25, 0.3) is 5.56 Å². The smallest absolute Gasteiger partial charge is 0.347 e. The van der Waals surface area contributed by atoms with Gasteiger partial charge < -0.3 is 19.1 Å². The predicted octanol–water partition coefficient (Wildman–Crippen LogP) is 4.40. The van der Waals surface area contributed by atoms with Crippen molar-refractivity contribution in [1.29, 1.82) is 0 Å². The van der Waals surface area contributed by atoms with E-state index in [-0.39, 0.29) is 17.1 Å². The van der Waals surface area contributed by atoms with Gasteiger partial charge in [0.1, 0.15) is 17.8 Å². The zero-order valence-electron chi connectivity index (χ0n) is 25.1. The van der Waals surface area contributed by atoms with Gasteiger partial charge in [0, 0.05) is 19.3 Å². The van der Waals surface area contributed by atoms with Crippen LogP contribution < -0.4 is 19.9 Å². The molecule has 0 amide bonds. The number of carbonyl (C=O) groups excluding carboxylic acids is 1. The van der Waals surface area contributed by atoms with Crippen LogP contribution in [0.5, 0.6) is 11.5 Å². The first kappa shape index (κ1) is 31.3. The van der Waals surface area contributed by atoms with Crippen LogP contribution in [0.1, 0.15) is 38.2 Å². The second kappa shape index (κ2) is 13.1. The Morgan fingerprint density at radius 2 is 1.33 bits per heavy atom. The monoisotopic (exact) mass is 605 g/mol. The van der Waals surface area contributed by atoms with E-state index >= 15 is 0 Å². The van der Waals surface area contributed by atoms with Crippen LogP contribution in [0.2, 0.25) is 0 Å². The minimum absolute atomic E-state index is 0.125. The summed E-state index contributed by atoms with van der Waals surface area (Å²) >= 11 is 0. The van der Waals surface area contributed by atoms with Crippen LogP contribution in [0.15, 0.2) is 71.8 Å². The maximum Gasteiger partial charge on any atom is 0.347 e. The van der Waals surface area contributed by atoms with Crippen molar-refractivity contribution in [3.8, 4) is 17.2 Å². The highest BCUT2D eigenvalue weighted by Crippen LogP contribution is 2.26. The average molecular weight is 606 g/mol. The summed E-state index contributed by atoms with van der Waals surface area (Å²) in [6.07, 6.45) is 2.57. The minimum atomic E-state index is -3.25. The lowest BCUT2D eigenvalue weighted by atomic mass is 10.0. The van der Waals surface area contributed by atoms with Crippen molar-refractivity contribution in [2.45, 2.75) is 32.7 Å². The van der Waals surface area contributed by atoms with E-state index in [4.69, 9.17) is 14.2 Å². The highest BCUT2D eigenvalue weighted by atomic mass is 32.2. The standard InChI is InChI=1S/C32H35N3O7S/c1-21-15-25(19-43(6,38)39)16-22(2)29(21)35-20-33-30(28(31(35)36)32(37)42-5)34(17-23-7-11-26(40-3)12-8-23)18-24-9-13-27(41-4)14-10-24/h7-16,20H,17-19H2,1-6H3. The maximum absolute atomic E-state index is 14.1. The van der Waals surface area contributed by atoms with Crippen molar-refractivity contribution in [2.24, 2.45) is 0 Å². The zero-order chi connectivity index (χ0) is 31.3. The van der Waals surface area contributed by atoms with Crippen molar-refractivity contribution in [3.63, 3.8) is 0 Å². The van der Waals surface area contributed by atoms with Crippen molar-refractivity contribution < 1.29 is 27.4 Å². The molecule has 0 saturated heterocycles. The van der Waals surface area contributed by atoms with Crippen LogP contribution in [-0.4, -0.2) is 51.5 Å². The van der Waals surface area contributed by atoms with E-state index in [2.05, 4.69) is 4.98 Å². The molecule has 4 aromatic rings. The molecule has 0 aliphatic heterocycles. The Labute approximate surface area is 251 Å². The molecule has 0 saturated carbocycles. The van der Waals surface area contributed by atoms with Gasteiger partial charge in [-0.3, -0.25) is 9.36 Å². The summed E-state index contributed by atoms with van der Waals surface area (Å²) in [5, 5.41) is 0. The van der Waals surface area contributed by atoms with Gasteiger partial charge in [0.15, 0.2) is 21.2 Å². The number of rotatable bonds is 11. The van der Waals surface area contributed by atoms with Gasteiger partial charge in [0.05, 0.1) is 32.8 Å². The van der Waals surface area contributed by atoms with Gasteiger partial charge in [-0.05, 0) is 65.9 Å². The number of nitrogens with zero attached hydrogens (tertiary/aromatic N) is 3. The van der Waals surface area contributed by atoms with Crippen LogP contribution in [0.3, 0.4) is 0 Å². The molecule has 10 nitrogen and oxygen atoms in total. The molecule has 0 aliphatic carbocycles. The molecule has 0 radical (unpaired) electrons. The molecule has 3 aromatic carbocycles. The number of benzene rings is 3. The highest BCUT2D eigenvalue weighted by molar-refractivity contribution is 7.89. The Hall–Kier alpha value is -4.64. The molecule has 11 heteroatoms. The van der Waals surface area contributed by atoms with Gasteiger partial charge >= 0.3 is 5.97 Å². The Bertz CT molecular complexity index is 1710. The van der Waals surface area contributed by atoms with Crippen molar-refractivity contribution in [2.75, 3.05) is 32.5 Å². The first-order chi connectivity index (χ1) is 20.4. The van der Waals surface area contributed by atoms with E-state index in [1.807, 2.05) is 53.4 Å². The Balaban J connectivity index is 1.85. The number of hydrogen-bond acceptors (Lipinski definition) is 9. The third-order valence-electron chi connectivity index (χ3n) is 6.93. The van der Waals surface area contributed by atoms with Crippen LogP contribution >= 0.6 is 0 Å². The summed E-state index contributed by atoms with van der Waals surface area (Å²) in [5.74, 6) is 0.633. The number of carbonyl (C=O) groups is 1. The fourth-order valence-electron chi connectivity index (χ4n) is 5.05. The maximum atomic E-state index is 14.1. The first-order valence-corrected chi connectivity index (χ1v) is 15.5. The molecule has 0 N–H and O–H groups in total. The van der Waals surface area contributed by atoms with Gasteiger partial charge in [-0.15, -0.1) is 0 Å². The summed E-state index contributed by atoms with van der Waals surface area (Å²) < 4.78 is 40.7. The second-order valence-electron chi connectivity index (χ2n) is 10.3. The molecule has 1 aromatic heterocycles. The molecule has 0 unspecified atom stereocenters. The molecule has 1 heterocycles. The first-order valence-electron chi connectivity index (χ1n) is 13.4. The third-order valence-corrected chi connectivity index (χ3v) is 7.78.